The number of nitriles is 1. The quantitative estimate of drug-likeness (QED) is 0.734. The van der Waals surface area contributed by atoms with Crippen molar-refractivity contribution < 1.29 is 4.74 Å². The Morgan fingerprint density at radius 3 is 2.43 bits per heavy atom. The number of nitrogens with zero attached hydrogens (tertiary/aromatic N) is 4. The SMILES string of the molecule is N#Cc1ccc(C=Cc2ccc(Oc3cnccn3)cc2)nc1. The summed E-state index contributed by atoms with van der Waals surface area (Å²) >= 11 is 0. The van der Waals surface area contributed by atoms with E-state index in [1.807, 2.05) is 42.5 Å². The normalized spacial score (nSPS) is 10.4. The summed E-state index contributed by atoms with van der Waals surface area (Å²) in [5, 5.41) is 8.74. The molecule has 2 aromatic heterocycles. The van der Waals surface area contributed by atoms with Gasteiger partial charge < -0.3 is 4.74 Å². The van der Waals surface area contributed by atoms with Gasteiger partial charge in [0.1, 0.15) is 11.8 Å². The second-order valence-corrected chi connectivity index (χ2v) is 4.63. The maximum atomic E-state index is 8.74. The van der Waals surface area contributed by atoms with Gasteiger partial charge in [-0.2, -0.15) is 5.26 Å². The molecule has 1 aromatic carbocycles. The number of ether oxygens (including phenoxy) is 1. The third-order valence-corrected chi connectivity index (χ3v) is 3.00. The van der Waals surface area contributed by atoms with E-state index < -0.39 is 0 Å². The Morgan fingerprint density at radius 2 is 1.78 bits per heavy atom. The number of aromatic nitrogens is 3. The van der Waals surface area contributed by atoms with Crippen LogP contribution in [0.4, 0.5) is 0 Å². The predicted octanol–water partition coefficient (Wildman–Crippen LogP) is 3.71. The Hall–Kier alpha value is -3.52. The monoisotopic (exact) mass is 300 g/mol. The Bertz CT molecular complexity index is 835. The second-order valence-electron chi connectivity index (χ2n) is 4.63. The summed E-state index contributed by atoms with van der Waals surface area (Å²) < 4.78 is 5.58. The Kier molecular flexibility index (Phi) is 4.36. The summed E-state index contributed by atoms with van der Waals surface area (Å²) in [4.78, 5) is 12.2. The van der Waals surface area contributed by atoms with E-state index in [1.165, 1.54) is 0 Å². The molecule has 0 fully saturated rings. The summed E-state index contributed by atoms with van der Waals surface area (Å²) in [7, 11) is 0. The summed E-state index contributed by atoms with van der Waals surface area (Å²) in [6, 6.07) is 13.2. The Morgan fingerprint density at radius 1 is 0.913 bits per heavy atom. The first-order valence-electron chi connectivity index (χ1n) is 6.92. The maximum Gasteiger partial charge on any atom is 0.237 e. The van der Waals surface area contributed by atoms with Crippen LogP contribution in [0.1, 0.15) is 16.8 Å². The van der Waals surface area contributed by atoms with Crippen LogP contribution in [0.25, 0.3) is 12.2 Å². The van der Waals surface area contributed by atoms with Crippen LogP contribution < -0.4 is 4.74 Å². The molecule has 0 bridgehead atoms. The van der Waals surface area contributed by atoms with Crippen molar-refractivity contribution in [3.63, 3.8) is 0 Å². The average molecular weight is 300 g/mol. The van der Waals surface area contributed by atoms with Gasteiger partial charge in [0.25, 0.3) is 0 Å². The highest BCUT2D eigenvalue weighted by Crippen LogP contribution is 2.19. The van der Waals surface area contributed by atoms with Crippen LogP contribution in [0, 0.1) is 11.3 Å². The van der Waals surface area contributed by atoms with E-state index in [-0.39, 0.29) is 0 Å². The van der Waals surface area contributed by atoms with Crippen molar-refractivity contribution >= 4 is 12.2 Å². The van der Waals surface area contributed by atoms with Gasteiger partial charge in [0.2, 0.25) is 5.88 Å². The highest BCUT2D eigenvalue weighted by atomic mass is 16.5. The first kappa shape index (κ1) is 14.4. The van der Waals surface area contributed by atoms with E-state index in [1.54, 1.807) is 36.9 Å². The van der Waals surface area contributed by atoms with Crippen molar-refractivity contribution in [1.82, 2.24) is 15.0 Å². The molecule has 5 heteroatoms. The van der Waals surface area contributed by atoms with E-state index >= 15 is 0 Å². The fourth-order valence-electron chi connectivity index (χ4n) is 1.86. The molecule has 0 atom stereocenters. The van der Waals surface area contributed by atoms with Gasteiger partial charge in [0, 0.05) is 18.6 Å². The average Bonchev–Trinajstić information content (AvgIpc) is 2.62. The molecule has 23 heavy (non-hydrogen) atoms. The number of rotatable bonds is 4. The van der Waals surface area contributed by atoms with E-state index in [0.29, 0.717) is 17.2 Å². The number of benzene rings is 1. The molecule has 0 aliphatic carbocycles. The highest BCUT2D eigenvalue weighted by molar-refractivity contribution is 5.68. The lowest BCUT2D eigenvalue weighted by atomic mass is 10.2. The summed E-state index contributed by atoms with van der Waals surface area (Å²) in [6.07, 6.45) is 10.1. The van der Waals surface area contributed by atoms with Gasteiger partial charge in [0.05, 0.1) is 17.5 Å². The molecule has 0 aliphatic heterocycles. The van der Waals surface area contributed by atoms with Crippen LogP contribution in [0.15, 0.2) is 61.2 Å². The minimum Gasteiger partial charge on any atom is -0.438 e. The lowest BCUT2D eigenvalue weighted by Gasteiger charge is -2.03. The van der Waals surface area contributed by atoms with Crippen molar-refractivity contribution in [2.45, 2.75) is 0 Å². The molecule has 0 aliphatic rings. The van der Waals surface area contributed by atoms with E-state index in [4.69, 9.17) is 10.00 Å². The van der Waals surface area contributed by atoms with Gasteiger partial charge in [-0.05, 0) is 35.9 Å². The molecule has 0 saturated carbocycles. The van der Waals surface area contributed by atoms with Crippen LogP contribution in [0.2, 0.25) is 0 Å². The summed E-state index contributed by atoms with van der Waals surface area (Å²) in [6.45, 7) is 0. The topological polar surface area (TPSA) is 71.7 Å². The van der Waals surface area contributed by atoms with Crippen molar-refractivity contribution in [2.24, 2.45) is 0 Å². The molecular weight excluding hydrogens is 288 g/mol. The zero-order valence-electron chi connectivity index (χ0n) is 12.1. The third kappa shape index (κ3) is 3.99. The van der Waals surface area contributed by atoms with Gasteiger partial charge >= 0.3 is 0 Å². The smallest absolute Gasteiger partial charge is 0.237 e. The van der Waals surface area contributed by atoms with E-state index in [0.717, 1.165) is 11.3 Å². The van der Waals surface area contributed by atoms with Gasteiger partial charge in [-0.1, -0.05) is 18.2 Å². The zero-order valence-corrected chi connectivity index (χ0v) is 12.1. The maximum absolute atomic E-state index is 8.74. The summed E-state index contributed by atoms with van der Waals surface area (Å²) in [5.74, 6) is 1.15. The standard InChI is InChI=1S/C18H12N4O/c19-11-15-2-6-16(22-12-15)5-1-14-3-7-17(8-4-14)23-18-13-20-9-10-21-18/h1-10,12-13H. The molecule has 0 unspecified atom stereocenters. The fourth-order valence-corrected chi connectivity index (χ4v) is 1.86. The van der Waals surface area contributed by atoms with Crippen molar-refractivity contribution in [3.8, 4) is 17.7 Å². The van der Waals surface area contributed by atoms with Gasteiger partial charge in [-0.25, -0.2) is 4.98 Å². The van der Waals surface area contributed by atoms with Crippen molar-refractivity contribution in [3.05, 3.63) is 78.0 Å². The van der Waals surface area contributed by atoms with Gasteiger partial charge in [-0.3, -0.25) is 9.97 Å². The molecule has 3 aromatic rings. The third-order valence-electron chi connectivity index (χ3n) is 3.00. The van der Waals surface area contributed by atoms with Gasteiger partial charge in [-0.15, -0.1) is 0 Å². The molecule has 0 amide bonds. The largest absolute Gasteiger partial charge is 0.438 e. The summed E-state index contributed by atoms with van der Waals surface area (Å²) in [5.41, 5.74) is 2.36. The number of hydrogen-bond acceptors (Lipinski definition) is 5. The van der Waals surface area contributed by atoms with Crippen LogP contribution in [0.5, 0.6) is 11.6 Å². The highest BCUT2D eigenvalue weighted by Gasteiger charge is 1.98. The second kappa shape index (κ2) is 6.96. The molecular formula is C18H12N4O. The molecule has 0 saturated heterocycles. The van der Waals surface area contributed by atoms with E-state index in [9.17, 15) is 0 Å². The van der Waals surface area contributed by atoms with Crippen LogP contribution in [-0.4, -0.2) is 15.0 Å². The molecule has 0 spiro atoms. The molecule has 2 heterocycles. The molecule has 0 radical (unpaired) electrons. The molecule has 110 valence electrons. The van der Waals surface area contributed by atoms with Crippen LogP contribution in [0.3, 0.4) is 0 Å². The lowest BCUT2D eigenvalue weighted by Crippen LogP contribution is -1.87. The van der Waals surface area contributed by atoms with Gasteiger partial charge in [0.15, 0.2) is 0 Å². The molecule has 3 rings (SSSR count). The molecule has 0 N–H and O–H groups in total. The Balaban J connectivity index is 1.67. The lowest BCUT2D eigenvalue weighted by molar-refractivity contribution is 0.460. The number of hydrogen-bond donors (Lipinski definition) is 0. The number of pyridine rings is 1. The minimum absolute atomic E-state index is 0.456. The Labute approximate surface area is 133 Å². The van der Waals surface area contributed by atoms with E-state index in [2.05, 4.69) is 15.0 Å². The van der Waals surface area contributed by atoms with Crippen LogP contribution >= 0.6 is 0 Å². The first-order valence-corrected chi connectivity index (χ1v) is 6.92. The molecule has 5 nitrogen and oxygen atoms in total. The zero-order chi connectivity index (χ0) is 15.9. The first-order chi connectivity index (χ1) is 11.3. The van der Waals surface area contributed by atoms with Crippen molar-refractivity contribution in [1.29, 1.82) is 5.26 Å². The van der Waals surface area contributed by atoms with Crippen molar-refractivity contribution in [2.75, 3.05) is 0 Å². The van der Waals surface area contributed by atoms with Crippen LogP contribution in [-0.2, 0) is 0 Å². The minimum atomic E-state index is 0.456. The predicted molar refractivity (Wildman–Crippen MR) is 86.4 cm³/mol. The fraction of sp³-hybridized carbons (Fsp3) is 0.